The Labute approximate surface area is 138 Å². The molecule has 0 aliphatic carbocycles. The minimum atomic E-state index is 1.03. The van der Waals surface area contributed by atoms with Gasteiger partial charge in [-0.05, 0) is 47.6 Å². The van der Waals surface area contributed by atoms with Crippen LogP contribution >= 0.6 is 0 Å². The molecule has 23 heavy (non-hydrogen) atoms. The van der Waals surface area contributed by atoms with Gasteiger partial charge in [-0.25, -0.2) is 0 Å². The minimum absolute atomic E-state index is 1.03. The first-order chi connectivity index (χ1) is 11.3. The Morgan fingerprint density at radius 2 is 1.83 bits per heavy atom. The molecule has 120 valence electrons. The SMILES string of the molecule is COc1cccc2c1CCN(Cc1cccc3c1NCC3)CC2. The molecule has 0 radical (unpaired) electrons. The van der Waals surface area contributed by atoms with Crippen molar-refractivity contribution in [2.45, 2.75) is 25.8 Å². The number of nitrogens with one attached hydrogen (secondary N) is 1. The van der Waals surface area contributed by atoms with Gasteiger partial charge in [0.1, 0.15) is 5.75 Å². The normalized spacial score (nSPS) is 17.1. The Balaban J connectivity index is 1.52. The highest BCUT2D eigenvalue weighted by Crippen LogP contribution is 2.29. The zero-order valence-electron chi connectivity index (χ0n) is 13.8. The summed E-state index contributed by atoms with van der Waals surface area (Å²) in [7, 11) is 1.78. The Bertz CT molecular complexity index is 711. The van der Waals surface area contributed by atoms with Crippen molar-refractivity contribution in [2.75, 3.05) is 32.1 Å². The van der Waals surface area contributed by atoms with Crippen molar-refractivity contribution in [3.05, 3.63) is 58.7 Å². The summed E-state index contributed by atoms with van der Waals surface area (Å²) >= 11 is 0. The monoisotopic (exact) mass is 308 g/mol. The van der Waals surface area contributed by atoms with E-state index in [1.54, 1.807) is 7.11 Å². The molecule has 3 heteroatoms. The largest absolute Gasteiger partial charge is 0.496 e. The third kappa shape index (κ3) is 2.81. The lowest BCUT2D eigenvalue weighted by molar-refractivity contribution is 0.279. The van der Waals surface area contributed by atoms with Crippen molar-refractivity contribution >= 4 is 5.69 Å². The number of benzene rings is 2. The molecule has 1 N–H and O–H groups in total. The van der Waals surface area contributed by atoms with Gasteiger partial charge in [0.25, 0.3) is 0 Å². The Morgan fingerprint density at radius 3 is 2.74 bits per heavy atom. The second kappa shape index (κ2) is 6.25. The van der Waals surface area contributed by atoms with Crippen molar-refractivity contribution in [2.24, 2.45) is 0 Å². The van der Waals surface area contributed by atoms with Crippen LogP contribution in [-0.4, -0.2) is 31.6 Å². The topological polar surface area (TPSA) is 24.5 Å². The maximum absolute atomic E-state index is 5.55. The molecule has 3 nitrogen and oxygen atoms in total. The van der Waals surface area contributed by atoms with E-state index in [0.29, 0.717) is 0 Å². The van der Waals surface area contributed by atoms with E-state index in [-0.39, 0.29) is 0 Å². The first kappa shape index (κ1) is 14.6. The fraction of sp³-hybridized carbons (Fsp3) is 0.400. The zero-order valence-corrected chi connectivity index (χ0v) is 13.8. The number of rotatable bonds is 3. The van der Waals surface area contributed by atoms with Crippen LogP contribution < -0.4 is 10.1 Å². The van der Waals surface area contributed by atoms with Crippen molar-refractivity contribution in [1.82, 2.24) is 4.90 Å². The minimum Gasteiger partial charge on any atom is -0.496 e. The molecule has 0 saturated carbocycles. The molecule has 0 bridgehead atoms. The number of methoxy groups -OCH3 is 1. The van der Waals surface area contributed by atoms with Gasteiger partial charge in [-0.3, -0.25) is 4.90 Å². The highest BCUT2D eigenvalue weighted by Gasteiger charge is 2.19. The van der Waals surface area contributed by atoms with E-state index in [1.165, 1.54) is 27.9 Å². The summed E-state index contributed by atoms with van der Waals surface area (Å²) in [5.41, 5.74) is 7.14. The average molecular weight is 308 g/mol. The predicted octanol–water partition coefficient (Wildman–Crippen LogP) is 3.26. The molecule has 2 aliphatic heterocycles. The van der Waals surface area contributed by atoms with E-state index >= 15 is 0 Å². The van der Waals surface area contributed by atoms with Gasteiger partial charge in [0.05, 0.1) is 7.11 Å². The number of hydrogen-bond acceptors (Lipinski definition) is 3. The first-order valence-electron chi connectivity index (χ1n) is 8.57. The van der Waals surface area contributed by atoms with Crippen LogP contribution in [0.4, 0.5) is 5.69 Å². The zero-order chi connectivity index (χ0) is 15.6. The van der Waals surface area contributed by atoms with Gasteiger partial charge in [0, 0.05) is 31.9 Å². The highest BCUT2D eigenvalue weighted by molar-refractivity contribution is 5.61. The van der Waals surface area contributed by atoms with E-state index in [4.69, 9.17) is 4.74 Å². The van der Waals surface area contributed by atoms with Gasteiger partial charge in [0.2, 0.25) is 0 Å². The summed E-state index contributed by atoms with van der Waals surface area (Å²) in [5.74, 6) is 1.05. The number of fused-ring (bicyclic) bond motifs is 2. The molecular formula is C20H24N2O. The van der Waals surface area contributed by atoms with Crippen molar-refractivity contribution < 1.29 is 4.74 Å². The van der Waals surface area contributed by atoms with Gasteiger partial charge in [0.15, 0.2) is 0 Å². The van der Waals surface area contributed by atoms with E-state index in [1.807, 2.05) is 0 Å². The van der Waals surface area contributed by atoms with E-state index in [0.717, 1.165) is 51.2 Å². The summed E-state index contributed by atoms with van der Waals surface area (Å²) in [6, 6.07) is 13.2. The molecule has 0 amide bonds. The maximum Gasteiger partial charge on any atom is 0.122 e. The smallest absolute Gasteiger partial charge is 0.122 e. The van der Waals surface area contributed by atoms with E-state index in [2.05, 4.69) is 46.6 Å². The number of hydrogen-bond donors (Lipinski definition) is 1. The fourth-order valence-electron chi connectivity index (χ4n) is 3.92. The highest BCUT2D eigenvalue weighted by atomic mass is 16.5. The van der Waals surface area contributed by atoms with Crippen molar-refractivity contribution in [3.63, 3.8) is 0 Å². The number of anilines is 1. The summed E-state index contributed by atoms with van der Waals surface area (Å²) in [5, 5.41) is 3.56. The number of nitrogens with zero attached hydrogens (tertiary/aromatic N) is 1. The van der Waals surface area contributed by atoms with Crippen LogP contribution in [-0.2, 0) is 25.8 Å². The molecular weight excluding hydrogens is 284 g/mol. The van der Waals surface area contributed by atoms with Crippen LogP contribution in [0.2, 0.25) is 0 Å². The second-order valence-corrected chi connectivity index (χ2v) is 6.50. The summed E-state index contributed by atoms with van der Waals surface area (Å²) in [6.45, 7) is 4.32. The molecule has 4 rings (SSSR count). The van der Waals surface area contributed by atoms with Gasteiger partial charge >= 0.3 is 0 Å². The summed E-state index contributed by atoms with van der Waals surface area (Å²) < 4.78 is 5.55. The lowest BCUT2D eigenvalue weighted by Crippen LogP contribution is -2.26. The molecule has 2 aromatic carbocycles. The standard InChI is InChI=1S/C20H24N2O/c1-23-19-7-3-4-15-9-12-22(13-10-18(15)19)14-17-6-2-5-16-8-11-21-20(16)17/h2-7,21H,8-14H2,1H3. The Morgan fingerprint density at radius 1 is 1.00 bits per heavy atom. The van der Waals surface area contributed by atoms with Gasteiger partial charge in [-0.2, -0.15) is 0 Å². The fourth-order valence-corrected chi connectivity index (χ4v) is 3.92. The molecule has 0 fully saturated rings. The molecule has 0 atom stereocenters. The lowest BCUT2D eigenvalue weighted by Gasteiger charge is -2.21. The van der Waals surface area contributed by atoms with Crippen LogP contribution in [0.15, 0.2) is 36.4 Å². The Hall–Kier alpha value is -2.00. The molecule has 2 aliphatic rings. The molecule has 0 saturated heterocycles. The molecule has 0 aromatic heterocycles. The molecule has 2 heterocycles. The first-order valence-corrected chi connectivity index (χ1v) is 8.57. The van der Waals surface area contributed by atoms with E-state index < -0.39 is 0 Å². The summed E-state index contributed by atoms with van der Waals surface area (Å²) in [4.78, 5) is 2.58. The van der Waals surface area contributed by atoms with Gasteiger partial charge in [-0.15, -0.1) is 0 Å². The summed E-state index contributed by atoms with van der Waals surface area (Å²) in [6.07, 6.45) is 3.34. The third-order valence-electron chi connectivity index (χ3n) is 5.15. The van der Waals surface area contributed by atoms with Crippen LogP contribution in [0.25, 0.3) is 0 Å². The van der Waals surface area contributed by atoms with Gasteiger partial charge < -0.3 is 10.1 Å². The molecule has 0 spiro atoms. The van der Waals surface area contributed by atoms with E-state index in [9.17, 15) is 0 Å². The Kier molecular flexibility index (Phi) is 3.96. The van der Waals surface area contributed by atoms with Crippen LogP contribution in [0, 0.1) is 0 Å². The molecule has 0 unspecified atom stereocenters. The predicted molar refractivity (Wildman–Crippen MR) is 94.3 cm³/mol. The van der Waals surface area contributed by atoms with Crippen LogP contribution in [0.5, 0.6) is 5.75 Å². The average Bonchev–Trinajstić information content (AvgIpc) is 2.98. The van der Waals surface area contributed by atoms with Crippen molar-refractivity contribution in [1.29, 1.82) is 0 Å². The van der Waals surface area contributed by atoms with Crippen LogP contribution in [0.1, 0.15) is 22.3 Å². The maximum atomic E-state index is 5.55. The number of para-hydroxylation sites is 1. The quantitative estimate of drug-likeness (QED) is 0.942. The number of ether oxygens (including phenoxy) is 1. The lowest BCUT2D eigenvalue weighted by atomic mass is 10.0. The van der Waals surface area contributed by atoms with Gasteiger partial charge in [-0.1, -0.05) is 30.3 Å². The third-order valence-corrected chi connectivity index (χ3v) is 5.15. The molecule has 2 aromatic rings. The second-order valence-electron chi connectivity index (χ2n) is 6.50. The van der Waals surface area contributed by atoms with Crippen molar-refractivity contribution in [3.8, 4) is 5.75 Å². The van der Waals surface area contributed by atoms with Crippen LogP contribution in [0.3, 0.4) is 0 Å².